The van der Waals surface area contributed by atoms with Gasteiger partial charge in [0, 0.05) is 0 Å². The molecule has 0 saturated heterocycles. The largest absolute Gasteiger partial charge is 0.394 e. The summed E-state index contributed by atoms with van der Waals surface area (Å²) in [5.41, 5.74) is 0. The number of aliphatic hydroxyl groups is 2. The lowest BCUT2D eigenvalue weighted by molar-refractivity contribution is 0.0222. The lowest BCUT2D eigenvalue weighted by atomic mass is 10.7. The summed E-state index contributed by atoms with van der Waals surface area (Å²) in [5.74, 6) is 0. The van der Waals surface area contributed by atoms with Gasteiger partial charge >= 0.3 is 0 Å². The predicted molar refractivity (Wildman–Crippen MR) is 69.6 cm³/mol. The van der Waals surface area contributed by atoms with Crippen molar-refractivity contribution in [2.75, 3.05) is 39.6 Å². The molecule has 0 radical (unpaired) electrons. The van der Waals surface area contributed by atoms with Crippen molar-refractivity contribution < 1.29 is 19.7 Å². The van der Waals surface area contributed by atoms with Crippen LogP contribution in [0.1, 0.15) is 0 Å². The Labute approximate surface area is 99.5 Å². The SMILES string of the molecule is C=C.C=C.C=C.OCCOCCOCCO. The predicted octanol–water partition coefficient (Wildman–Crippen LogP) is 1.41. The molecule has 0 unspecified atom stereocenters. The summed E-state index contributed by atoms with van der Waals surface area (Å²) >= 11 is 0. The van der Waals surface area contributed by atoms with Crippen molar-refractivity contribution in [1.29, 1.82) is 0 Å². The first-order valence-electron chi connectivity index (χ1n) is 4.79. The third kappa shape index (κ3) is 51.7. The van der Waals surface area contributed by atoms with Crippen LogP contribution < -0.4 is 0 Å². The highest BCUT2D eigenvalue weighted by Crippen LogP contribution is 1.76. The van der Waals surface area contributed by atoms with Crippen LogP contribution in [0.15, 0.2) is 39.5 Å². The number of rotatable bonds is 7. The monoisotopic (exact) mass is 234 g/mol. The van der Waals surface area contributed by atoms with Gasteiger partial charge in [-0.25, -0.2) is 0 Å². The van der Waals surface area contributed by atoms with Crippen LogP contribution in [0.3, 0.4) is 0 Å². The van der Waals surface area contributed by atoms with Crippen LogP contribution in [0, 0.1) is 0 Å². The Morgan fingerprint density at radius 3 is 1.00 bits per heavy atom. The number of hydrogen-bond donors (Lipinski definition) is 2. The Morgan fingerprint density at radius 1 is 0.562 bits per heavy atom. The zero-order valence-corrected chi connectivity index (χ0v) is 10.2. The fourth-order valence-electron chi connectivity index (χ4n) is 0.451. The molecular formula is C12H26O4. The molecule has 0 amide bonds. The second kappa shape index (κ2) is 48.1. The molecule has 0 aliphatic carbocycles. The minimum absolute atomic E-state index is 0.0417. The molecule has 0 fully saturated rings. The van der Waals surface area contributed by atoms with Crippen LogP contribution >= 0.6 is 0 Å². The molecule has 0 bridgehead atoms. The van der Waals surface area contributed by atoms with Crippen LogP contribution in [-0.2, 0) is 9.47 Å². The molecule has 0 aliphatic rings. The van der Waals surface area contributed by atoms with Crippen molar-refractivity contribution in [2.24, 2.45) is 0 Å². The lowest BCUT2D eigenvalue weighted by Gasteiger charge is -2.01. The van der Waals surface area contributed by atoms with Gasteiger partial charge in [0.25, 0.3) is 0 Å². The van der Waals surface area contributed by atoms with E-state index >= 15 is 0 Å². The molecule has 0 aromatic rings. The van der Waals surface area contributed by atoms with Crippen LogP contribution in [0.5, 0.6) is 0 Å². The number of hydrogen-bond acceptors (Lipinski definition) is 4. The zero-order chi connectivity index (χ0) is 13.7. The minimum atomic E-state index is 0.0417. The molecule has 0 atom stereocenters. The first kappa shape index (κ1) is 24.3. The van der Waals surface area contributed by atoms with E-state index in [9.17, 15) is 0 Å². The summed E-state index contributed by atoms with van der Waals surface area (Å²) in [6.45, 7) is 19.7. The quantitative estimate of drug-likeness (QED) is 0.516. The fourth-order valence-corrected chi connectivity index (χ4v) is 0.451. The van der Waals surface area contributed by atoms with Crippen LogP contribution in [0.4, 0.5) is 0 Å². The van der Waals surface area contributed by atoms with E-state index in [4.69, 9.17) is 19.7 Å². The Bertz CT molecular complexity index is 76.3. The average Bonchev–Trinajstić information content (AvgIpc) is 2.41. The highest BCUT2D eigenvalue weighted by molar-refractivity contribution is 4.30. The highest BCUT2D eigenvalue weighted by atomic mass is 16.5. The van der Waals surface area contributed by atoms with E-state index in [-0.39, 0.29) is 13.2 Å². The molecule has 16 heavy (non-hydrogen) atoms. The van der Waals surface area contributed by atoms with Gasteiger partial charge in [0.15, 0.2) is 0 Å². The van der Waals surface area contributed by atoms with Crippen molar-refractivity contribution in [2.45, 2.75) is 0 Å². The summed E-state index contributed by atoms with van der Waals surface area (Å²) in [5, 5.41) is 16.5. The van der Waals surface area contributed by atoms with Gasteiger partial charge in [0.1, 0.15) is 0 Å². The topological polar surface area (TPSA) is 58.9 Å². The summed E-state index contributed by atoms with van der Waals surface area (Å²) < 4.78 is 9.75. The van der Waals surface area contributed by atoms with Gasteiger partial charge in [-0.3, -0.25) is 0 Å². The lowest BCUT2D eigenvalue weighted by Crippen LogP contribution is -2.09. The van der Waals surface area contributed by atoms with E-state index in [0.29, 0.717) is 26.4 Å². The molecule has 0 aliphatic heterocycles. The van der Waals surface area contributed by atoms with Crippen LogP contribution in [0.25, 0.3) is 0 Å². The third-order valence-electron chi connectivity index (χ3n) is 0.843. The molecule has 0 rings (SSSR count). The molecule has 4 heteroatoms. The molecule has 0 aromatic heterocycles. The van der Waals surface area contributed by atoms with Crippen LogP contribution in [0.2, 0.25) is 0 Å². The van der Waals surface area contributed by atoms with E-state index < -0.39 is 0 Å². The van der Waals surface area contributed by atoms with Gasteiger partial charge in [-0.05, 0) is 0 Å². The Balaban J connectivity index is -0.000000103. The van der Waals surface area contributed by atoms with Crippen molar-refractivity contribution in [3.8, 4) is 0 Å². The summed E-state index contributed by atoms with van der Waals surface area (Å²) in [4.78, 5) is 0. The van der Waals surface area contributed by atoms with Gasteiger partial charge in [-0.2, -0.15) is 0 Å². The Kier molecular flexibility index (Phi) is 73.2. The highest BCUT2D eigenvalue weighted by Gasteiger charge is 1.86. The second-order valence-corrected chi connectivity index (χ2v) is 1.67. The molecule has 98 valence electrons. The van der Waals surface area contributed by atoms with Gasteiger partial charge < -0.3 is 19.7 Å². The average molecular weight is 234 g/mol. The molecular weight excluding hydrogens is 208 g/mol. The van der Waals surface area contributed by atoms with E-state index in [1.165, 1.54) is 0 Å². The van der Waals surface area contributed by atoms with E-state index in [1.807, 2.05) is 0 Å². The first-order chi connectivity index (χ1) is 7.91. The molecule has 4 nitrogen and oxygen atoms in total. The van der Waals surface area contributed by atoms with Crippen molar-refractivity contribution in [3.63, 3.8) is 0 Å². The molecule has 0 spiro atoms. The van der Waals surface area contributed by atoms with Crippen molar-refractivity contribution in [3.05, 3.63) is 39.5 Å². The number of aliphatic hydroxyl groups excluding tert-OH is 2. The van der Waals surface area contributed by atoms with Gasteiger partial charge in [-0.1, -0.05) is 0 Å². The van der Waals surface area contributed by atoms with Gasteiger partial charge in [-0.15, -0.1) is 39.5 Å². The third-order valence-corrected chi connectivity index (χ3v) is 0.843. The summed E-state index contributed by atoms with van der Waals surface area (Å²) in [6, 6.07) is 0. The van der Waals surface area contributed by atoms with E-state index in [2.05, 4.69) is 39.5 Å². The summed E-state index contributed by atoms with van der Waals surface area (Å²) in [6.07, 6.45) is 0. The van der Waals surface area contributed by atoms with Crippen molar-refractivity contribution >= 4 is 0 Å². The van der Waals surface area contributed by atoms with Gasteiger partial charge in [0.05, 0.1) is 39.6 Å². The smallest absolute Gasteiger partial charge is 0.0701 e. The van der Waals surface area contributed by atoms with Crippen molar-refractivity contribution in [1.82, 2.24) is 0 Å². The molecule has 0 aromatic carbocycles. The first-order valence-corrected chi connectivity index (χ1v) is 4.79. The molecule has 0 heterocycles. The maximum atomic E-state index is 8.26. The second-order valence-electron chi connectivity index (χ2n) is 1.67. The molecule has 0 saturated carbocycles. The van der Waals surface area contributed by atoms with E-state index in [1.54, 1.807) is 0 Å². The van der Waals surface area contributed by atoms with Crippen LogP contribution in [-0.4, -0.2) is 49.9 Å². The Hall–Kier alpha value is -0.940. The minimum Gasteiger partial charge on any atom is -0.394 e. The normalized spacial score (nSPS) is 7.12. The maximum absolute atomic E-state index is 8.26. The Morgan fingerprint density at radius 2 is 0.812 bits per heavy atom. The van der Waals surface area contributed by atoms with E-state index in [0.717, 1.165) is 0 Å². The standard InChI is InChI=1S/C6H14O4.3C2H4/c7-1-3-9-5-6-10-4-2-8;3*1-2/h7-8H,1-6H2;3*1-2H2. The summed E-state index contributed by atoms with van der Waals surface area (Å²) in [7, 11) is 0. The van der Waals surface area contributed by atoms with Gasteiger partial charge in [0.2, 0.25) is 0 Å². The zero-order valence-electron chi connectivity index (χ0n) is 10.2. The fraction of sp³-hybridized carbons (Fsp3) is 0.500. The molecule has 2 N–H and O–H groups in total. The number of ether oxygens (including phenoxy) is 2. The maximum Gasteiger partial charge on any atom is 0.0701 e.